The van der Waals surface area contributed by atoms with Crippen molar-refractivity contribution in [3.8, 4) is 39.3 Å². The van der Waals surface area contributed by atoms with Crippen LogP contribution in [0.5, 0.6) is 5.75 Å². The zero-order valence-electron chi connectivity index (χ0n) is 24.1. The van der Waals surface area contributed by atoms with E-state index in [0.717, 1.165) is 61.6 Å². The number of nitrogens with zero attached hydrogens (tertiary/aromatic N) is 1. The molecular formula is C35H24ClF8NO. The lowest BCUT2D eigenvalue weighted by Gasteiger charge is -2.20. The van der Waals surface area contributed by atoms with Gasteiger partial charge in [-0.3, -0.25) is 4.98 Å². The number of unbranched alkanes of at least 4 members (excludes halogenated alkanes) is 2. The fourth-order valence-electron chi connectivity index (χ4n) is 4.94. The number of rotatable bonds is 10. The minimum Gasteiger partial charge on any atom is -0.429 e. The Kier molecular flexibility index (Phi) is 9.67. The van der Waals surface area contributed by atoms with Gasteiger partial charge in [0.05, 0.1) is 5.69 Å². The topological polar surface area (TPSA) is 22.1 Å². The van der Waals surface area contributed by atoms with Crippen LogP contribution in [-0.2, 0) is 12.5 Å². The van der Waals surface area contributed by atoms with E-state index in [1.807, 2.05) is 6.07 Å². The molecule has 0 aliphatic heterocycles. The van der Waals surface area contributed by atoms with Gasteiger partial charge >= 0.3 is 6.11 Å². The van der Waals surface area contributed by atoms with Crippen molar-refractivity contribution in [3.05, 3.63) is 130 Å². The molecule has 0 fully saturated rings. The third-order valence-electron chi connectivity index (χ3n) is 7.28. The standard InChI is InChI=1S/C35H24ClF8NO/c1-2-3-4-5-19-6-11-32(45-18-19)20-7-9-24(26(37)12-20)21-13-28(39)33(29(40)14-21)35(43,44)46-23-8-10-25(27(38)17-23)22-15-30(41)34(36)31(42)16-22/h6-18H,2-5H2,1H3. The Bertz CT molecular complexity index is 1850. The quantitative estimate of drug-likeness (QED) is 0.0844. The second-order valence-electron chi connectivity index (χ2n) is 10.5. The van der Waals surface area contributed by atoms with Gasteiger partial charge in [0, 0.05) is 29.0 Å². The first-order valence-corrected chi connectivity index (χ1v) is 14.5. The van der Waals surface area contributed by atoms with Gasteiger partial charge in [-0.15, -0.1) is 0 Å². The van der Waals surface area contributed by atoms with E-state index in [1.54, 1.807) is 12.3 Å². The third kappa shape index (κ3) is 7.02. The SMILES string of the molecule is CCCCCc1ccc(-c2ccc(-c3cc(F)c(C(F)(F)Oc4ccc(-c5cc(F)c(Cl)c(F)c5)c(F)c4)c(F)c3)c(F)c2)nc1. The molecule has 0 N–H and O–H groups in total. The van der Waals surface area contributed by atoms with Crippen LogP contribution in [0.3, 0.4) is 0 Å². The van der Waals surface area contributed by atoms with Crippen molar-refractivity contribution in [2.24, 2.45) is 0 Å². The van der Waals surface area contributed by atoms with Crippen molar-refractivity contribution in [1.29, 1.82) is 0 Å². The lowest BCUT2D eigenvalue weighted by Crippen LogP contribution is -2.25. The van der Waals surface area contributed by atoms with Crippen LogP contribution in [0.25, 0.3) is 33.5 Å². The fourth-order valence-corrected chi connectivity index (χ4v) is 5.05. The predicted octanol–water partition coefficient (Wildman–Crippen LogP) is 11.4. The van der Waals surface area contributed by atoms with Gasteiger partial charge in [0.25, 0.3) is 0 Å². The fraction of sp³-hybridized carbons (Fsp3) is 0.171. The number of aromatic nitrogens is 1. The van der Waals surface area contributed by atoms with E-state index in [9.17, 15) is 13.2 Å². The highest BCUT2D eigenvalue weighted by Gasteiger charge is 2.41. The molecule has 0 amide bonds. The van der Waals surface area contributed by atoms with Gasteiger partial charge in [0.1, 0.15) is 51.2 Å². The Morgan fingerprint density at radius 3 is 1.76 bits per heavy atom. The summed E-state index contributed by atoms with van der Waals surface area (Å²) in [6.45, 7) is 2.10. The van der Waals surface area contributed by atoms with E-state index >= 15 is 22.0 Å². The highest BCUT2D eigenvalue weighted by molar-refractivity contribution is 6.31. The summed E-state index contributed by atoms with van der Waals surface area (Å²) in [6, 6.07) is 12.2. The molecule has 0 radical (unpaired) electrons. The molecule has 0 saturated heterocycles. The summed E-state index contributed by atoms with van der Waals surface area (Å²) >= 11 is 5.43. The molecule has 4 aromatic carbocycles. The number of benzene rings is 4. The van der Waals surface area contributed by atoms with Crippen LogP contribution in [0.4, 0.5) is 35.1 Å². The third-order valence-corrected chi connectivity index (χ3v) is 7.65. The first-order chi connectivity index (χ1) is 21.9. The van der Waals surface area contributed by atoms with Gasteiger partial charge in [0.15, 0.2) is 0 Å². The van der Waals surface area contributed by atoms with E-state index < -0.39 is 57.3 Å². The molecule has 0 aliphatic carbocycles. The largest absolute Gasteiger partial charge is 0.432 e. The van der Waals surface area contributed by atoms with Crippen LogP contribution >= 0.6 is 11.6 Å². The van der Waals surface area contributed by atoms with Crippen molar-refractivity contribution in [3.63, 3.8) is 0 Å². The van der Waals surface area contributed by atoms with Crippen molar-refractivity contribution < 1.29 is 39.9 Å². The molecule has 1 aromatic heterocycles. The number of aryl methyl sites for hydroxylation is 1. The molecule has 2 nitrogen and oxygen atoms in total. The molecule has 238 valence electrons. The molecule has 0 aliphatic rings. The molecule has 1 heterocycles. The Balaban J connectivity index is 1.36. The van der Waals surface area contributed by atoms with Crippen LogP contribution in [0.2, 0.25) is 5.02 Å². The van der Waals surface area contributed by atoms with Crippen LogP contribution in [0.15, 0.2) is 79.0 Å². The van der Waals surface area contributed by atoms with E-state index in [1.165, 1.54) is 12.1 Å². The highest BCUT2D eigenvalue weighted by Crippen LogP contribution is 2.39. The predicted molar refractivity (Wildman–Crippen MR) is 159 cm³/mol. The molecule has 11 heteroatoms. The lowest BCUT2D eigenvalue weighted by atomic mass is 9.99. The summed E-state index contributed by atoms with van der Waals surface area (Å²) in [5.74, 6) is -8.75. The van der Waals surface area contributed by atoms with Crippen molar-refractivity contribution in [2.75, 3.05) is 0 Å². The smallest absolute Gasteiger partial charge is 0.429 e. The number of alkyl halides is 2. The Labute approximate surface area is 264 Å². The minimum absolute atomic E-state index is 0.249. The summed E-state index contributed by atoms with van der Waals surface area (Å²) in [5.41, 5.74) is -1.13. The normalized spacial score (nSPS) is 11.6. The molecule has 0 unspecified atom stereocenters. The first kappa shape index (κ1) is 32.9. The average Bonchev–Trinajstić information content (AvgIpc) is 2.99. The zero-order chi connectivity index (χ0) is 33.2. The van der Waals surface area contributed by atoms with Crippen LogP contribution < -0.4 is 4.74 Å². The van der Waals surface area contributed by atoms with Gasteiger partial charge in [0.2, 0.25) is 0 Å². The lowest BCUT2D eigenvalue weighted by molar-refractivity contribution is -0.189. The Morgan fingerprint density at radius 2 is 1.22 bits per heavy atom. The van der Waals surface area contributed by atoms with E-state index in [0.29, 0.717) is 29.5 Å². The van der Waals surface area contributed by atoms with Gasteiger partial charge < -0.3 is 4.74 Å². The van der Waals surface area contributed by atoms with Gasteiger partial charge in [-0.25, -0.2) is 26.3 Å². The number of hydrogen-bond donors (Lipinski definition) is 0. The van der Waals surface area contributed by atoms with Crippen LogP contribution in [0.1, 0.15) is 37.3 Å². The highest BCUT2D eigenvalue weighted by atomic mass is 35.5. The maximum atomic E-state index is 15.1. The van der Waals surface area contributed by atoms with E-state index in [2.05, 4.69) is 16.6 Å². The molecule has 0 atom stereocenters. The first-order valence-electron chi connectivity index (χ1n) is 14.1. The summed E-state index contributed by atoms with van der Waals surface area (Å²) in [7, 11) is 0. The van der Waals surface area contributed by atoms with Gasteiger partial charge in [-0.05, 0) is 78.1 Å². The van der Waals surface area contributed by atoms with E-state index in [-0.39, 0.29) is 22.3 Å². The molecule has 5 rings (SSSR count). The number of hydrogen-bond acceptors (Lipinski definition) is 2. The average molecular weight is 662 g/mol. The summed E-state index contributed by atoms with van der Waals surface area (Å²) in [5, 5.41) is -0.811. The van der Waals surface area contributed by atoms with E-state index in [4.69, 9.17) is 11.6 Å². The molecule has 46 heavy (non-hydrogen) atoms. The van der Waals surface area contributed by atoms with Crippen molar-refractivity contribution in [2.45, 2.75) is 38.7 Å². The van der Waals surface area contributed by atoms with Crippen LogP contribution in [0, 0.1) is 34.9 Å². The van der Waals surface area contributed by atoms with Gasteiger partial charge in [-0.2, -0.15) is 8.78 Å². The van der Waals surface area contributed by atoms with Gasteiger partial charge in [-0.1, -0.05) is 49.6 Å². The number of pyridine rings is 1. The molecule has 0 saturated carbocycles. The summed E-state index contributed by atoms with van der Waals surface area (Å²) < 4.78 is 122. The summed E-state index contributed by atoms with van der Waals surface area (Å²) in [6.07, 6.45) is 1.12. The minimum atomic E-state index is -4.64. The van der Waals surface area contributed by atoms with Crippen molar-refractivity contribution in [1.82, 2.24) is 4.98 Å². The maximum absolute atomic E-state index is 15.1. The Hall–Kier alpha value is -4.44. The molecule has 5 aromatic rings. The van der Waals surface area contributed by atoms with Crippen molar-refractivity contribution >= 4 is 11.6 Å². The number of ether oxygens (including phenoxy) is 1. The Morgan fingerprint density at radius 1 is 0.652 bits per heavy atom. The maximum Gasteiger partial charge on any atom is 0.432 e. The zero-order valence-corrected chi connectivity index (χ0v) is 24.8. The molecule has 0 bridgehead atoms. The summed E-state index contributed by atoms with van der Waals surface area (Å²) in [4.78, 5) is 4.37. The molecule has 0 spiro atoms. The second-order valence-corrected chi connectivity index (χ2v) is 10.9. The van der Waals surface area contributed by atoms with Crippen LogP contribution in [-0.4, -0.2) is 4.98 Å². The second kappa shape index (κ2) is 13.5. The molecular weight excluding hydrogens is 638 g/mol. The monoisotopic (exact) mass is 661 g/mol. The number of halogens is 9.